The van der Waals surface area contributed by atoms with E-state index in [1.165, 1.54) is 11.1 Å². The normalized spacial score (nSPS) is 21.4. The van der Waals surface area contributed by atoms with Crippen molar-refractivity contribution in [3.8, 4) is 0 Å². The topological polar surface area (TPSA) is 12.0 Å². The second kappa shape index (κ2) is 5.67. The van der Waals surface area contributed by atoms with Crippen molar-refractivity contribution in [1.29, 1.82) is 0 Å². The minimum atomic E-state index is 0.456. The average molecular weight is 306 g/mol. The summed E-state index contributed by atoms with van der Waals surface area (Å²) in [4.78, 5) is 0. The minimum Gasteiger partial charge on any atom is -0.380 e. The SMILES string of the molecule is Cc1cccc(C2CC(Nc3c(Cl)cccc3Cl)C2)c1. The van der Waals surface area contributed by atoms with Gasteiger partial charge in [0.25, 0.3) is 0 Å². The van der Waals surface area contributed by atoms with Crippen LogP contribution in [-0.2, 0) is 0 Å². The van der Waals surface area contributed by atoms with Crippen molar-refractivity contribution in [2.45, 2.75) is 31.7 Å². The number of aryl methyl sites for hydroxylation is 1. The zero-order valence-corrected chi connectivity index (χ0v) is 12.9. The summed E-state index contributed by atoms with van der Waals surface area (Å²) >= 11 is 12.4. The first-order valence-corrected chi connectivity index (χ1v) is 7.66. The number of hydrogen-bond acceptors (Lipinski definition) is 1. The van der Waals surface area contributed by atoms with E-state index in [0.29, 0.717) is 22.0 Å². The largest absolute Gasteiger partial charge is 0.380 e. The highest BCUT2D eigenvalue weighted by atomic mass is 35.5. The predicted octanol–water partition coefficient (Wildman–Crippen LogP) is 5.66. The number of para-hydroxylation sites is 1. The molecule has 20 heavy (non-hydrogen) atoms. The Hall–Kier alpha value is -1.18. The monoisotopic (exact) mass is 305 g/mol. The van der Waals surface area contributed by atoms with Crippen molar-refractivity contribution in [2.75, 3.05) is 5.32 Å². The first kappa shape index (κ1) is 13.8. The number of rotatable bonds is 3. The maximum absolute atomic E-state index is 6.18. The third kappa shape index (κ3) is 2.79. The lowest BCUT2D eigenvalue weighted by molar-refractivity contribution is 0.374. The molecular weight excluding hydrogens is 289 g/mol. The smallest absolute Gasteiger partial charge is 0.0721 e. The third-order valence-corrected chi connectivity index (χ3v) is 4.59. The van der Waals surface area contributed by atoms with Crippen LogP contribution in [0.15, 0.2) is 42.5 Å². The van der Waals surface area contributed by atoms with Gasteiger partial charge in [0.05, 0.1) is 15.7 Å². The van der Waals surface area contributed by atoms with E-state index in [-0.39, 0.29) is 0 Å². The Kier molecular flexibility index (Phi) is 3.91. The molecule has 104 valence electrons. The fourth-order valence-electron chi connectivity index (χ4n) is 2.77. The Balaban J connectivity index is 1.64. The van der Waals surface area contributed by atoms with Gasteiger partial charge in [0.15, 0.2) is 0 Å². The van der Waals surface area contributed by atoms with Crippen molar-refractivity contribution < 1.29 is 0 Å². The van der Waals surface area contributed by atoms with Crippen molar-refractivity contribution in [2.24, 2.45) is 0 Å². The van der Waals surface area contributed by atoms with Crippen LogP contribution in [0.3, 0.4) is 0 Å². The number of benzene rings is 2. The predicted molar refractivity (Wildman–Crippen MR) is 87.0 cm³/mol. The van der Waals surface area contributed by atoms with Gasteiger partial charge in [0, 0.05) is 6.04 Å². The van der Waals surface area contributed by atoms with Crippen molar-refractivity contribution >= 4 is 28.9 Å². The second-order valence-corrected chi connectivity index (χ2v) is 6.33. The van der Waals surface area contributed by atoms with E-state index in [2.05, 4.69) is 36.5 Å². The quantitative estimate of drug-likeness (QED) is 0.771. The van der Waals surface area contributed by atoms with E-state index < -0.39 is 0 Å². The molecule has 0 saturated heterocycles. The molecule has 0 heterocycles. The van der Waals surface area contributed by atoms with Crippen LogP contribution in [0, 0.1) is 6.92 Å². The summed E-state index contributed by atoms with van der Waals surface area (Å²) in [6, 6.07) is 14.8. The van der Waals surface area contributed by atoms with Crippen molar-refractivity contribution in [3.05, 3.63) is 63.6 Å². The molecule has 3 heteroatoms. The van der Waals surface area contributed by atoms with Crippen molar-refractivity contribution in [3.63, 3.8) is 0 Å². The maximum atomic E-state index is 6.18. The van der Waals surface area contributed by atoms with Gasteiger partial charge in [-0.2, -0.15) is 0 Å². The fourth-order valence-corrected chi connectivity index (χ4v) is 3.28. The molecule has 3 rings (SSSR count). The molecule has 1 N–H and O–H groups in total. The number of halogens is 2. The molecule has 0 atom stereocenters. The summed E-state index contributed by atoms with van der Waals surface area (Å²) in [7, 11) is 0. The van der Waals surface area contributed by atoms with E-state index in [1.54, 1.807) is 0 Å². The molecule has 0 radical (unpaired) electrons. The number of hydrogen-bond donors (Lipinski definition) is 1. The Morgan fingerprint density at radius 3 is 2.30 bits per heavy atom. The molecule has 0 bridgehead atoms. The average Bonchev–Trinajstić information content (AvgIpc) is 2.36. The Bertz CT molecular complexity index is 598. The zero-order chi connectivity index (χ0) is 14.1. The van der Waals surface area contributed by atoms with Gasteiger partial charge in [-0.1, -0.05) is 59.1 Å². The van der Waals surface area contributed by atoms with Gasteiger partial charge >= 0.3 is 0 Å². The molecular formula is C17H17Cl2N. The lowest BCUT2D eigenvalue weighted by Crippen LogP contribution is -2.34. The molecule has 1 aliphatic rings. The van der Waals surface area contributed by atoms with Crippen LogP contribution in [0.25, 0.3) is 0 Å². The molecule has 0 aliphatic heterocycles. The van der Waals surface area contributed by atoms with Crippen LogP contribution in [0.2, 0.25) is 10.0 Å². The summed E-state index contributed by atoms with van der Waals surface area (Å²) < 4.78 is 0. The first-order valence-electron chi connectivity index (χ1n) is 6.90. The second-order valence-electron chi connectivity index (χ2n) is 5.52. The Morgan fingerprint density at radius 1 is 1.00 bits per heavy atom. The zero-order valence-electron chi connectivity index (χ0n) is 11.4. The molecule has 1 nitrogen and oxygen atoms in total. The van der Waals surface area contributed by atoms with Gasteiger partial charge < -0.3 is 5.32 Å². The summed E-state index contributed by atoms with van der Waals surface area (Å²) in [5.41, 5.74) is 3.63. The van der Waals surface area contributed by atoms with Crippen LogP contribution in [0.5, 0.6) is 0 Å². The van der Waals surface area contributed by atoms with E-state index in [0.717, 1.165) is 18.5 Å². The van der Waals surface area contributed by atoms with Gasteiger partial charge in [-0.3, -0.25) is 0 Å². The van der Waals surface area contributed by atoms with Crippen molar-refractivity contribution in [1.82, 2.24) is 0 Å². The minimum absolute atomic E-state index is 0.456. The highest BCUT2D eigenvalue weighted by Crippen LogP contribution is 2.41. The summed E-state index contributed by atoms with van der Waals surface area (Å²) in [6.45, 7) is 2.14. The number of nitrogens with one attached hydrogen (secondary N) is 1. The van der Waals surface area contributed by atoms with Crippen LogP contribution >= 0.6 is 23.2 Å². The Morgan fingerprint density at radius 2 is 1.65 bits per heavy atom. The van der Waals surface area contributed by atoms with Gasteiger partial charge in [-0.15, -0.1) is 0 Å². The molecule has 0 unspecified atom stereocenters. The molecule has 1 aliphatic carbocycles. The lowest BCUT2D eigenvalue weighted by Gasteiger charge is -2.37. The molecule has 0 amide bonds. The van der Waals surface area contributed by atoms with Crippen LogP contribution in [0.4, 0.5) is 5.69 Å². The summed E-state index contributed by atoms with van der Waals surface area (Å²) in [5.74, 6) is 0.647. The van der Waals surface area contributed by atoms with Gasteiger partial charge in [0.1, 0.15) is 0 Å². The summed E-state index contributed by atoms with van der Waals surface area (Å²) in [6.07, 6.45) is 2.26. The van der Waals surface area contributed by atoms with E-state index in [1.807, 2.05) is 18.2 Å². The van der Waals surface area contributed by atoms with Crippen LogP contribution in [-0.4, -0.2) is 6.04 Å². The van der Waals surface area contributed by atoms with E-state index >= 15 is 0 Å². The molecule has 1 saturated carbocycles. The molecule has 0 spiro atoms. The van der Waals surface area contributed by atoms with E-state index in [9.17, 15) is 0 Å². The van der Waals surface area contributed by atoms with Crippen LogP contribution < -0.4 is 5.32 Å². The molecule has 0 aromatic heterocycles. The first-order chi connectivity index (χ1) is 9.63. The van der Waals surface area contributed by atoms with Gasteiger partial charge in [-0.05, 0) is 43.4 Å². The van der Waals surface area contributed by atoms with Crippen LogP contribution in [0.1, 0.15) is 29.9 Å². The van der Waals surface area contributed by atoms with E-state index in [4.69, 9.17) is 23.2 Å². The summed E-state index contributed by atoms with van der Waals surface area (Å²) in [5, 5.41) is 4.85. The highest BCUT2D eigenvalue weighted by Gasteiger charge is 2.30. The molecule has 2 aromatic carbocycles. The third-order valence-electron chi connectivity index (χ3n) is 3.96. The lowest BCUT2D eigenvalue weighted by atomic mass is 9.75. The standard InChI is InChI=1S/C17H17Cl2N/c1-11-4-2-5-12(8-11)13-9-14(10-13)20-17-15(18)6-3-7-16(17)19/h2-8,13-14,20H,9-10H2,1H3. The molecule has 2 aromatic rings. The highest BCUT2D eigenvalue weighted by molar-refractivity contribution is 6.39. The fraction of sp³-hybridized carbons (Fsp3) is 0.294. The maximum Gasteiger partial charge on any atom is 0.0721 e. The Labute approximate surface area is 129 Å². The molecule has 1 fully saturated rings. The van der Waals surface area contributed by atoms with Gasteiger partial charge in [0.2, 0.25) is 0 Å². The number of anilines is 1. The van der Waals surface area contributed by atoms with Gasteiger partial charge in [-0.25, -0.2) is 0 Å².